The standard InChI is InChI=1S/C12H19N3O3S/c1-9(10-5-4-8-18-10)15-19(16,17)11-6-3-7-14-12(11)13-2/h3,6-7,9-10,15H,4-5,8H2,1-2H3,(H,13,14). The second-order valence-corrected chi connectivity index (χ2v) is 6.24. The molecule has 1 aliphatic rings. The number of ether oxygens (including phenoxy) is 1. The van der Waals surface area contributed by atoms with Crippen molar-refractivity contribution < 1.29 is 13.2 Å². The van der Waals surface area contributed by atoms with Gasteiger partial charge in [0.05, 0.1) is 6.10 Å². The number of rotatable bonds is 5. The van der Waals surface area contributed by atoms with Gasteiger partial charge >= 0.3 is 0 Å². The van der Waals surface area contributed by atoms with E-state index in [4.69, 9.17) is 4.74 Å². The molecule has 2 rings (SSSR count). The third kappa shape index (κ3) is 3.23. The molecule has 6 nitrogen and oxygen atoms in total. The number of pyridine rings is 1. The first kappa shape index (κ1) is 14.2. The smallest absolute Gasteiger partial charge is 0.244 e. The number of aromatic nitrogens is 1. The molecule has 0 bridgehead atoms. The molecule has 106 valence electrons. The van der Waals surface area contributed by atoms with Gasteiger partial charge in [-0.25, -0.2) is 18.1 Å². The average molecular weight is 285 g/mol. The minimum absolute atomic E-state index is 0.0514. The Balaban J connectivity index is 2.17. The number of sulfonamides is 1. The molecule has 1 fully saturated rings. The van der Waals surface area contributed by atoms with Crippen molar-refractivity contribution in [3.63, 3.8) is 0 Å². The fourth-order valence-corrected chi connectivity index (χ4v) is 3.61. The molecule has 2 N–H and O–H groups in total. The maximum atomic E-state index is 12.3. The van der Waals surface area contributed by atoms with E-state index in [1.54, 1.807) is 19.3 Å². The molecule has 2 unspecified atom stereocenters. The van der Waals surface area contributed by atoms with Crippen molar-refractivity contribution in [2.75, 3.05) is 19.0 Å². The minimum atomic E-state index is -3.59. The molecule has 0 saturated carbocycles. The molecule has 0 amide bonds. The predicted octanol–water partition coefficient (Wildman–Crippen LogP) is 0.969. The average Bonchev–Trinajstić information content (AvgIpc) is 2.92. The molecule has 1 aromatic heterocycles. The lowest BCUT2D eigenvalue weighted by Gasteiger charge is -2.20. The number of nitrogens with zero attached hydrogens (tertiary/aromatic N) is 1. The van der Waals surface area contributed by atoms with Gasteiger partial charge in [0.2, 0.25) is 10.0 Å². The molecule has 2 heterocycles. The fraction of sp³-hybridized carbons (Fsp3) is 0.583. The lowest BCUT2D eigenvalue weighted by molar-refractivity contribution is 0.0902. The SMILES string of the molecule is CNc1ncccc1S(=O)(=O)NC(C)C1CCCO1. The highest BCUT2D eigenvalue weighted by atomic mass is 32.2. The van der Waals surface area contributed by atoms with Gasteiger partial charge in [0.15, 0.2) is 0 Å². The largest absolute Gasteiger partial charge is 0.377 e. The van der Waals surface area contributed by atoms with Crippen LogP contribution >= 0.6 is 0 Å². The van der Waals surface area contributed by atoms with E-state index in [9.17, 15) is 8.42 Å². The first-order valence-corrected chi connectivity index (χ1v) is 7.79. The van der Waals surface area contributed by atoms with Gasteiger partial charge in [-0.1, -0.05) is 0 Å². The highest BCUT2D eigenvalue weighted by molar-refractivity contribution is 7.89. The summed E-state index contributed by atoms with van der Waals surface area (Å²) >= 11 is 0. The molecule has 7 heteroatoms. The molecule has 2 atom stereocenters. The van der Waals surface area contributed by atoms with Crippen LogP contribution in [0.1, 0.15) is 19.8 Å². The number of hydrogen-bond acceptors (Lipinski definition) is 5. The van der Waals surface area contributed by atoms with E-state index in [0.29, 0.717) is 12.4 Å². The molecule has 0 radical (unpaired) electrons. The van der Waals surface area contributed by atoms with E-state index in [0.717, 1.165) is 12.8 Å². The fourth-order valence-electron chi connectivity index (χ4n) is 2.18. The van der Waals surface area contributed by atoms with Crippen LogP contribution in [0.15, 0.2) is 23.2 Å². The van der Waals surface area contributed by atoms with E-state index < -0.39 is 10.0 Å². The van der Waals surface area contributed by atoms with Crippen molar-refractivity contribution in [1.29, 1.82) is 0 Å². The summed E-state index contributed by atoms with van der Waals surface area (Å²) in [5, 5.41) is 2.78. The molecule has 1 aliphatic heterocycles. The van der Waals surface area contributed by atoms with Gasteiger partial charge in [-0.2, -0.15) is 0 Å². The molecule has 0 aromatic carbocycles. The maximum absolute atomic E-state index is 12.3. The minimum Gasteiger partial charge on any atom is -0.377 e. The highest BCUT2D eigenvalue weighted by Crippen LogP contribution is 2.20. The number of anilines is 1. The van der Waals surface area contributed by atoms with E-state index in [1.807, 2.05) is 6.92 Å². The summed E-state index contributed by atoms with van der Waals surface area (Å²) in [5.74, 6) is 0.342. The van der Waals surface area contributed by atoms with Gasteiger partial charge in [-0.05, 0) is 31.9 Å². The van der Waals surface area contributed by atoms with Crippen LogP contribution in [0.3, 0.4) is 0 Å². The Hall–Kier alpha value is -1.18. The summed E-state index contributed by atoms with van der Waals surface area (Å²) in [7, 11) is -1.95. The third-order valence-electron chi connectivity index (χ3n) is 3.16. The molecule has 1 aromatic rings. The zero-order valence-corrected chi connectivity index (χ0v) is 11.9. The monoisotopic (exact) mass is 285 g/mol. The summed E-state index contributed by atoms with van der Waals surface area (Å²) in [6.07, 6.45) is 3.36. The van der Waals surface area contributed by atoms with Crippen LogP contribution in [-0.4, -0.2) is 39.2 Å². The zero-order chi connectivity index (χ0) is 13.9. The summed E-state index contributed by atoms with van der Waals surface area (Å²) in [6.45, 7) is 2.52. The molecular formula is C12H19N3O3S. The van der Waals surface area contributed by atoms with Gasteiger partial charge in [0.25, 0.3) is 0 Å². The molecule has 1 saturated heterocycles. The van der Waals surface area contributed by atoms with Gasteiger partial charge in [0, 0.05) is 25.9 Å². The van der Waals surface area contributed by atoms with Crippen LogP contribution in [0.5, 0.6) is 0 Å². The van der Waals surface area contributed by atoms with Gasteiger partial charge in [-0.3, -0.25) is 0 Å². The lowest BCUT2D eigenvalue weighted by atomic mass is 10.1. The van der Waals surface area contributed by atoms with Gasteiger partial charge in [0.1, 0.15) is 10.7 Å². The van der Waals surface area contributed by atoms with Crippen molar-refractivity contribution in [1.82, 2.24) is 9.71 Å². The third-order valence-corrected chi connectivity index (χ3v) is 4.75. The van der Waals surface area contributed by atoms with E-state index >= 15 is 0 Å². The Labute approximate surface area is 113 Å². The highest BCUT2D eigenvalue weighted by Gasteiger charge is 2.28. The normalized spacial score (nSPS) is 21.3. The Morgan fingerprint density at radius 2 is 2.32 bits per heavy atom. The van der Waals surface area contributed by atoms with Crippen molar-refractivity contribution in [3.05, 3.63) is 18.3 Å². The molecular weight excluding hydrogens is 266 g/mol. The quantitative estimate of drug-likeness (QED) is 0.842. The number of nitrogens with one attached hydrogen (secondary N) is 2. The van der Waals surface area contributed by atoms with Gasteiger partial charge in [-0.15, -0.1) is 0 Å². The summed E-state index contributed by atoms with van der Waals surface area (Å²) in [4.78, 5) is 4.16. The maximum Gasteiger partial charge on any atom is 0.244 e. The van der Waals surface area contributed by atoms with Crippen LogP contribution in [-0.2, 0) is 14.8 Å². The second kappa shape index (κ2) is 5.85. The van der Waals surface area contributed by atoms with E-state index in [1.165, 1.54) is 6.07 Å². The van der Waals surface area contributed by atoms with Crippen LogP contribution in [0.25, 0.3) is 0 Å². The van der Waals surface area contributed by atoms with Crippen LogP contribution in [0.4, 0.5) is 5.82 Å². The van der Waals surface area contributed by atoms with Crippen LogP contribution in [0, 0.1) is 0 Å². The van der Waals surface area contributed by atoms with Crippen LogP contribution < -0.4 is 10.0 Å². The Morgan fingerprint density at radius 1 is 1.53 bits per heavy atom. The Kier molecular flexibility index (Phi) is 4.38. The van der Waals surface area contributed by atoms with E-state index in [-0.39, 0.29) is 17.0 Å². The second-order valence-electron chi connectivity index (χ2n) is 4.56. The lowest BCUT2D eigenvalue weighted by Crippen LogP contribution is -2.40. The van der Waals surface area contributed by atoms with Crippen molar-refractivity contribution in [2.45, 2.75) is 36.8 Å². The molecule has 0 spiro atoms. The first-order chi connectivity index (χ1) is 9.04. The summed E-state index contributed by atoms with van der Waals surface area (Å²) < 4.78 is 32.8. The Morgan fingerprint density at radius 3 is 2.95 bits per heavy atom. The van der Waals surface area contributed by atoms with Crippen molar-refractivity contribution in [2.24, 2.45) is 0 Å². The summed E-state index contributed by atoms with van der Waals surface area (Å²) in [6, 6.07) is 2.88. The van der Waals surface area contributed by atoms with Crippen LogP contribution in [0.2, 0.25) is 0 Å². The van der Waals surface area contributed by atoms with Crippen molar-refractivity contribution >= 4 is 15.8 Å². The first-order valence-electron chi connectivity index (χ1n) is 6.31. The van der Waals surface area contributed by atoms with Gasteiger partial charge < -0.3 is 10.1 Å². The summed E-state index contributed by atoms with van der Waals surface area (Å²) in [5.41, 5.74) is 0. The molecule has 0 aliphatic carbocycles. The zero-order valence-electron chi connectivity index (χ0n) is 11.1. The number of hydrogen-bond donors (Lipinski definition) is 2. The predicted molar refractivity (Wildman–Crippen MR) is 72.5 cm³/mol. The van der Waals surface area contributed by atoms with E-state index in [2.05, 4.69) is 15.0 Å². The molecule has 19 heavy (non-hydrogen) atoms. The topological polar surface area (TPSA) is 80.3 Å². The Bertz CT molecular complexity index is 527. The van der Waals surface area contributed by atoms with Crippen molar-refractivity contribution in [3.8, 4) is 0 Å².